The molecule has 0 aromatic heterocycles. The highest BCUT2D eigenvalue weighted by Gasteiger charge is 2.62. The van der Waals surface area contributed by atoms with E-state index in [2.05, 4.69) is 15.4 Å². The summed E-state index contributed by atoms with van der Waals surface area (Å²) in [4.78, 5) is 71.7. The SMILES string of the molecule is Cc1ccc(CS(=O)(=O)NC(=O)[C@@]23C[C@H]2CCCCCCC[C@H](NC(=O)OC(C)(C)C)C(=O)N2C[C@H](OC(=O)N4Cc5cccc(F)c5C4)C[C@H]2C(=O)N3)cc1. The molecule has 0 bridgehead atoms. The summed E-state index contributed by atoms with van der Waals surface area (Å²) in [6, 6.07) is 9.19. The van der Waals surface area contributed by atoms with Crippen molar-refractivity contribution in [3.63, 3.8) is 0 Å². The fourth-order valence-corrected chi connectivity index (χ4v) is 9.09. The Bertz CT molecular complexity index is 1950. The molecule has 4 aliphatic rings. The van der Waals surface area contributed by atoms with Crippen molar-refractivity contribution in [2.75, 3.05) is 6.54 Å². The first-order valence-corrected chi connectivity index (χ1v) is 21.0. The average Bonchev–Trinajstić information content (AvgIpc) is 3.40. The van der Waals surface area contributed by atoms with E-state index in [4.69, 9.17) is 9.47 Å². The predicted molar refractivity (Wildman–Crippen MR) is 202 cm³/mol. The van der Waals surface area contributed by atoms with Gasteiger partial charge in [0.1, 0.15) is 35.1 Å². The van der Waals surface area contributed by atoms with Crippen LogP contribution >= 0.6 is 0 Å². The van der Waals surface area contributed by atoms with Gasteiger partial charge < -0.3 is 25.0 Å². The van der Waals surface area contributed by atoms with E-state index in [1.807, 2.05) is 6.92 Å². The molecule has 2 saturated heterocycles. The summed E-state index contributed by atoms with van der Waals surface area (Å²) in [6.45, 7) is 6.89. The molecule has 3 fully saturated rings. The van der Waals surface area contributed by atoms with Crippen LogP contribution in [0.4, 0.5) is 14.0 Å². The standard InChI is InChI=1S/C40H52FN5O9S/c1-25-15-17-26(18-16-25)24-56(52,53)44-36(49)40-20-28(40)12-8-6-5-7-9-14-32(42-37(50)55-39(2,3)4)35(48)46-22-29(19-33(46)34(47)43-40)54-38(51)45-21-27-11-10-13-31(41)30(27)23-45/h10-11,13,15-18,28-29,32-33H,5-9,12,14,19-24H2,1-4H3,(H,42,50)(H,43,47)(H,44,49)/t28-,29-,32+,33+,40-/m1/s1. The quantitative estimate of drug-likeness (QED) is 0.373. The van der Waals surface area contributed by atoms with E-state index >= 15 is 0 Å². The number of hydrogen-bond donors (Lipinski definition) is 3. The second-order valence-electron chi connectivity index (χ2n) is 16.6. The molecule has 16 heteroatoms. The molecule has 3 N–H and O–H groups in total. The molecule has 56 heavy (non-hydrogen) atoms. The molecule has 0 spiro atoms. The minimum Gasteiger partial charge on any atom is -0.444 e. The molecule has 1 saturated carbocycles. The Hall–Kier alpha value is -4.73. The zero-order valence-corrected chi connectivity index (χ0v) is 33.2. The van der Waals surface area contributed by atoms with E-state index in [-0.39, 0.29) is 44.8 Å². The molecule has 14 nitrogen and oxygen atoms in total. The van der Waals surface area contributed by atoms with Crippen molar-refractivity contribution in [2.24, 2.45) is 5.92 Å². The highest BCUT2D eigenvalue weighted by molar-refractivity contribution is 7.89. The predicted octanol–water partition coefficient (Wildman–Crippen LogP) is 4.71. The van der Waals surface area contributed by atoms with Crippen LogP contribution in [0.1, 0.15) is 101 Å². The normalized spacial score (nSPS) is 25.7. The lowest BCUT2D eigenvalue weighted by molar-refractivity contribution is -0.141. The number of rotatable bonds is 6. The zero-order chi connectivity index (χ0) is 40.4. The van der Waals surface area contributed by atoms with Gasteiger partial charge in [-0.05, 0) is 70.1 Å². The molecule has 3 heterocycles. The third-order valence-corrected chi connectivity index (χ3v) is 12.1. The highest BCUT2D eigenvalue weighted by Crippen LogP contribution is 2.48. The summed E-state index contributed by atoms with van der Waals surface area (Å²) >= 11 is 0. The largest absolute Gasteiger partial charge is 0.444 e. The number of aryl methyl sites for hydroxylation is 1. The van der Waals surface area contributed by atoms with Crippen LogP contribution in [0, 0.1) is 18.7 Å². The number of halogens is 1. The first-order chi connectivity index (χ1) is 26.4. The summed E-state index contributed by atoms with van der Waals surface area (Å²) in [5, 5.41) is 5.53. The fraction of sp³-hybridized carbons (Fsp3) is 0.575. The van der Waals surface area contributed by atoms with E-state index in [9.17, 15) is 36.8 Å². The van der Waals surface area contributed by atoms with Gasteiger partial charge in [0.15, 0.2) is 0 Å². The lowest BCUT2D eigenvalue weighted by Gasteiger charge is -2.30. The number of carbonyl (C=O) groups is 5. The number of hydrogen-bond acceptors (Lipinski definition) is 9. The maximum atomic E-state index is 14.5. The number of ether oxygens (including phenoxy) is 2. The maximum absolute atomic E-state index is 14.5. The Morgan fingerprint density at radius 2 is 1.68 bits per heavy atom. The lowest BCUT2D eigenvalue weighted by atomic mass is 10.0. The summed E-state index contributed by atoms with van der Waals surface area (Å²) in [6.07, 6.45) is 2.12. The lowest BCUT2D eigenvalue weighted by Crippen LogP contribution is -2.58. The van der Waals surface area contributed by atoms with Crippen molar-refractivity contribution in [2.45, 2.75) is 134 Å². The molecule has 0 radical (unpaired) electrons. The van der Waals surface area contributed by atoms with Crippen LogP contribution in [0.15, 0.2) is 42.5 Å². The number of benzene rings is 2. The smallest absolute Gasteiger partial charge is 0.410 e. The Morgan fingerprint density at radius 1 is 0.982 bits per heavy atom. The van der Waals surface area contributed by atoms with Crippen LogP contribution in [0.2, 0.25) is 0 Å². The Labute approximate surface area is 327 Å². The minimum absolute atomic E-state index is 0.00611. The molecule has 5 atom stereocenters. The third-order valence-electron chi connectivity index (χ3n) is 10.9. The number of sulfonamides is 1. The van der Waals surface area contributed by atoms with Crippen molar-refractivity contribution in [1.82, 2.24) is 25.2 Å². The Morgan fingerprint density at radius 3 is 2.38 bits per heavy atom. The molecule has 5 amide bonds. The fourth-order valence-electron chi connectivity index (χ4n) is 7.92. The molecular weight excluding hydrogens is 746 g/mol. The number of amides is 5. The second-order valence-corrected chi connectivity index (χ2v) is 18.3. The van der Waals surface area contributed by atoms with Gasteiger partial charge in [0.05, 0.1) is 18.8 Å². The molecule has 2 aromatic rings. The first-order valence-electron chi connectivity index (χ1n) is 19.4. The van der Waals surface area contributed by atoms with E-state index < -0.39 is 80.8 Å². The van der Waals surface area contributed by atoms with E-state index in [1.165, 1.54) is 15.9 Å². The first kappa shape index (κ1) is 40.9. The van der Waals surface area contributed by atoms with Crippen molar-refractivity contribution < 1.29 is 46.3 Å². The van der Waals surface area contributed by atoms with Crippen molar-refractivity contribution in [3.05, 3.63) is 70.5 Å². The van der Waals surface area contributed by atoms with Crippen molar-refractivity contribution in [3.8, 4) is 0 Å². The van der Waals surface area contributed by atoms with Crippen LogP contribution in [0.25, 0.3) is 0 Å². The van der Waals surface area contributed by atoms with Gasteiger partial charge in [0.2, 0.25) is 21.8 Å². The van der Waals surface area contributed by atoms with Gasteiger partial charge in [0, 0.05) is 18.5 Å². The number of alkyl carbamates (subject to hydrolysis) is 1. The van der Waals surface area contributed by atoms with Crippen LogP contribution in [-0.4, -0.2) is 84.0 Å². The van der Waals surface area contributed by atoms with E-state index in [1.54, 1.807) is 57.2 Å². The zero-order valence-electron chi connectivity index (χ0n) is 32.4. The number of nitrogens with one attached hydrogen (secondary N) is 3. The van der Waals surface area contributed by atoms with E-state index in [0.717, 1.165) is 31.2 Å². The molecule has 2 aromatic carbocycles. The van der Waals surface area contributed by atoms with E-state index in [0.29, 0.717) is 29.5 Å². The van der Waals surface area contributed by atoms with Gasteiger partial charge in [-0.3, -0.25) is 24.0 Å². The summed E-state index contributed by atoms with van der Waals surface area (Å²) in [5.41, 5.74) is 0.0934. The molecule has 3 aliphatic heterocycles. The summed E-state index contributed by atoms with van der Waals surface area (Å²) in [7, 11) is -4.16. The summed E-state index contributed by atoms with van der Waals surface area (Å²) < 4.78 is 54.5. The number of fused-ring (bicyclic) bond motifs is 3. The van der Waals surface area contributed by atoms with Gasteiger partial charge in [-0.25, -0.2) is 22.4 Å². The number of carbonyl (C=O) groups excluding carboxylic acids is 5. The van der Waals surface area contributed by atoms with Crippen LogP contribution in [0.3, 0.4) is 0 Å². The minimum atomic E-state index is -4.16. The molecule has 1 aliphatic carbocycles. The topological polar surface area (TPSA) is 181 Å². The molecule has 304 valence electrons. The Balaban J connectivity index is 1.24. The van der Waals surface area contributed by atoms with Crippen molar-refractivity contribution in [1.29, 1.82) is 0 Å². The average molecular weight is 798 g/mol. The third kappa shape index (κ3) is 9.79. The van der Waals surface area contributed by atoms with Crippen LogP contribution in [0.5, 0.6) is 0 Å². The highest BCUT2D eigenvalue weighted by atomic mass is 32.2. The van der Waals surface area contributed by atoms with Crippen molar-refractivity contribution >= 4 is 39.9 Å². The van der Waals surface area contributed by atoms with Crippen LogP contribution < -0.4 is 15.4 Å². The van der Waals surface area contributed by atoms with Gasteiger partial charge in [-0.2, -0.15) is 0 Å². The summed E-state index contributed by atoms with van der Waals surface area (Å²) in [5.74, 6) is -3.37. The van der Waals surface area contributed by atoms with Gasteiger partial charge in [-0.1, -0.05) is 74.1 Å². The number of nitrogens with zero attached hydrogens (tertiary/aromatic N) is 2. The molecule has 0 unspecified atom stereocenters. The second kappa shape index (κ2) is 16.4. The molecule has 6 rings (SSSR count). The van der Waals surface area contributed by atoms with Gasteiger partial charge in [-0.15, -0.1) is 0 Å². The van der Waals surface area contributed by atoms with Crippen LogP contribution in [-0.2, 0) is 52.7 Å². The Kier molecular flexibility index (Phi) is 12.0. The van der Waals surface area contributed by atoms with Gasteiger partial charge >= 0.3 is 12.2 Å². The molecular formula is C40H52FN5O9S. The van der Waals surface area contributed by atoms with Gasteiger partial charge in [0.25, 0.3) is 5.91 Å². The monoisotopic (exact) mass is 797 g/mol. The maximum Gasteiger partial charge on any atom is 0.410 e.